The lowest BCUT2D eigenvalue weighted by Gasteiger charge is -2.28. The quantitative estimate of drug-likeness (QED) is 0.280. The van der Waals surface area contributed by atoms with Crippen LogP contribution in [0.2, 0.25) is 0 Å². The maximum absolute atomic E-state index is 13.8. The monoisotopic (exact) mass is 498 g/mol. The van der Waals surface area contributed by atoms with Gasteiger partial charge in [0.2, 0.25) is 5.78 Å². The molecule has 0 aromatic heterocycles. The summed E-state index contributed by atoms with van der Waals surface area (Å²) in [7, 11) is 4.09. The molecule has 3 aromatic rings. The van der Waals surface area contributed by atoms with Crippen molar-refractivity contribution in [2.75, 3.05) is 27.2 Å². The molecule has 0 spiro atoms. The summed E-state index contributed by atoms with van der Waals surface area (Å²) in [5, 5.41) is 13.8. The van der Waals surface area contributed by atoms with Crippen molar-refractivity contribution in [3.63, 3.8) is 0 Å². The van der Waals surface area contributed by atoms with Crippen molar-refractivity contribution in [1.29, 1.82) is 0 Å². The smallest absolute Gasteiger partial charge is 0.295 e. The molecule has 1 heterocycles. The number of carbonyl (C=O) groups is 2. The number of nitrogens with one attached hydrogen (secondary N) is 1. The average molecular weight is 499 g/mol. The highest BCUT2D eigenvalue weighted by Crippen LogP contribution is 2.39. The van der Waals surface area contributed by atoms with Crippen molar-refractivity contribution in [3.05, 3.63) is 106 Å². The van der Waals surface area contributed by atoms with E-state index in [1.165, 1.54) is 4.90 Å². The van der Waals surface area contributed by atoms with Crippen molar-refractivity contribution < 1.29 is 24.3 Å². The molecule has 0 bridgehead atoms. The maximum atomic E-state index is 13.8. The van der Waals surface area contributed by atoms with E-state index in [4.69, 9.17) is 4.74 Å². The van der Waals surface area contributed by atoms with Crippen LogP contribution in [0.1, 0.15) is 40.3 Å². The maximum Gasteiger partial charge on any atom is 0.295 e. The third kappa shape index (κ3) is 5.92. The second-order valence-electron chi connectivity index (χ2n) is 9.95. The van der Waals surface area contributed by atoms with E-state index in [1.54, 1.807) is 23.1 Å². The van der Waals surface area contributed by atoms with Crippen LogP contribution in [0.15, 0.2) is 78.4 Å². The van der Waals surface area contributed by atoms with Gasteiger partial charge in [-0.25, -0.2) is 0 Å². The van der Waals surface area contributed by atoms with Crippen LogP contribution in [0.4, 0.5) is 0 Å². The molecule has 6 nitrogen and oxygen atoms in total. The fourth-order valence-electron chi connectivity index (χ4n) is 4.67. The first kappa shape index (κ1) is 26.2. The molecule has 37 heavy (non-hydrogen) atoms. The first-order valence-electron chi connectivity index (χ1n) is 12.7. The van der Waals surface area contributed by atoms with E-state index in [-0.39, 0.29) is 5.57 Å². The number of amides is 1. The molecule has 4 rings (SSSR count). The Kier molecular flexibility index (Phi) is 8.09. The summed E-state index contributed by atoms with van der Waals surface area (Å²) >= 11 is 0. The molecule has 1 N–H and O–H groups in total. The Labute approximate surface area is 218 Å². The van der Waals surface area contributed by atoms with E-state index >= 15 is 0 Å². The van der Waals surface area contributed by atoms with Gasteiger partial charge in [0.15, 0.2) is 0 Å². The third-order valence-electron chi connectivity index (χ3n) is 6.69. The number of rotatable bonds is 9. The van der Waals surface area contributed by atoms with Crippen LogP contribution in [-0.4, -0.2) is 43.8 Å². The average Bonchev–Trinajstić information content (AvgIpc) is 3.13. The van der Waals surface area contributed by atoms with E-state index in [0.29, 0.717) is 30.0 Å². The first-order chi connectivity index (χ1) is 17.8. The van der Waals surface area contributed by atoms with Gasteiger partial charge in [-0.1, -0.05) is 72.0 Å². The molecule has 1 unspecified atom stereocenters. The SMILES string of the molecule is Cc1ccc(C2C(=C([O-])c3ccc(OCc4ccccc4)cc3C)C(=O)C(=O)N2CCC[NH+](C)C)cc1. The summed E-state index contributed by atoms with van der Waals surface area (Å²) in [6.07, 6.45) is 0.734. The van der Waals surface area contributed by atoms with Crippen molar-refractivity contribution in [1.82, 2.24) is 4.90 Å². The van der Waals surface area contributed by atoms with Gasteiger partial charge in [-0.3, -0.25) is 9.59 Å². The molecule has 6 heteroatoms. The highest BCUT2D eigenvalue weighted by molar-refractivity contribution is 6.46. The molecule has 1 fully saturated rings. The summed E-state index contributed by atoms with van der Waals surface area (Å²) in [6, 6.07) is 22.1. The molecule has 1 amide bonds. The van der Waals surface area contributed by atoms with Gasteiger partial charge in [0.25, 0.3) is 5.91 Å². The predicted molar refractivity (Wildman–Crippen MR) is 142 cm³/mol. The molecule has 3 aromatic carbocycles. The van der Waals surface area contributed by atoms with Gasteiger partial charge >= 0.3 is 0 Å². The zero-order valence-electron chi connectivity index (χ0n) is 21.9. The second kappa shape index (κ2) is 11.4. The highest BCUT2D eigenvalue weighted by atomic mass is 16.5. The third-order valence-corrected chi connectivity index (χ3v) is 6.69. The lowest BCUT2D eigenvalue weighted by molar-refractivity contribution is -0.858. The molecule has 0 aliphatic carbocycles. The van der Waals surface area contributed by atoms with Crippen LogP contribution in [-0.2, 0) is 16.2 Å². The van der Waals surface area contributed by atoms with Crippen LogP contribution >= 0.6 is 0 Å². The van der Waals surface area contributed by atoms with Gasteiger partial charge in [0.1, 0.15) is 12.4 Å². The Morgan fingerprint density at radius 3 is 2.32 bits per heavy atom. The Bertz CT molecular complexity index is 1300. The highest BCUT2D eigenvalue weighted by Gasteiger charge is 2.44. The molecule has 0 saturated carbocycles. The van der Waals surface area contributed by atoms with Gasteiger partial charge in [0, 0.05) is 18.5 Å². The largest absolute Gasteiger partial charge is 0.872 e. The normalized spacial score (nSPS) is 17.0. The second-order valence-corrected chi connectivity index (χ2v) is 9.95. The van der Waals surface area contributed by atoms with Crippen molar-refractivity contribution in [2.45, 2.75) is 32.9 Å². The number of benzene rings is 3. The minimum atomic E-state index is -0.712. The van der Waals surface area contributed by atoms with E-state index in [1.807, 2.05) is 82.5 Å². The zero-order valence-corrected chi connectivity index (χ0v) is 21.9. The Hall–Kier alpha value is -3.90. The predicted octanol–water partition coefficient (Wildman–Crippen LogP) is 2.64. The van der Waals surface area contributed by atoms with E-state index in [9.17, 15) is 14.7 Å². The minimum Gasteiger partial charge on any atom is -0.872 e. The number of nitrogens with zero attached hydrogens (tertiary/aromatic N) is 1. The number of quaternary nitrogens is 1. The Balaban J connectivity index is 1.68. The fourth-order valence-corrected chi connectivity index (χ4v) is 4.67. The van der Waals surface area contributed by atoms with Crippen LogP contribution in [0.25, 0.3) is 5.76 Å². The van der Waals surface area contributed by atoms with Crippen LogP contribution in [0, 0.1) is 13.8 Å². The van der Waals surface area contributed by atoms with E-state index < -0.39 is 23.5 Å². The number of likely N-dealkylation sites (tertiary alicyclic amines) is 1. The minimum absolute atomic E-state index is 0.0205. The number of hydrogen-bond donors (Lipinski definition) is 1. The summed E-state index contributed by atoms with van der Waals surface area (Å²) in [6.45, 7) is 5.48. The van der Waals surface area contributed by atoms with Gasteiger partial charge in [-0.05, 0) is 48.2 Å². The molecular weight excluding hydrogens is 464 g/mol. The van der Waals surface area contributed by atoms with E-state index in [0.717, 1.165) is 29.7 Å². The molecule has 0 radical (unpaired) electrons. The molecule has 1 aliphatic heterocycles. The number of aryl methyl sites for hydroxylation is 2. The summed E-state index contributed by atoms with van der Waals surface area (Å²) in [5.74, 6) is -1.09. The Morgan fingerprint density at radius 1 is 0.973 bits per heavy atom. The van der Waals surface area contributed by atoms with Gasteiger partial charge in [-0.2, -0.15) is 0 Å². The number of ketones is 1. The molecule has 192 valence electrons. The Morgan fingerprint density at radius 2 is 1.68 bits per heavy atom. The fraction of sp³-hybridized carbons (Fsp3) is 0.290. The van der Waals surface area contributed by atoms with Crippen molar-refractivity contribution >= 4 is 17.4 Å². The number of ether oxygens (including phenoxy) is 1. The molecule has 1 saturated heterocycles. The van der Waals surface area contributed by atoms with Gasteiger partial charge in [-0.15, -0.1) is 0 Å². The topological polar surface area (TPSA) is 74.1 Å². The van der Waals surface area contributed by atoms with Crippen molar-refractivity contribution in [2.24, 2.45) is 0 Å². The lowest BCUT2D eigenvalue weighted by atomic mass is 9.93. The van der Waals surface area contributed by atoms with Crippen LogP contribution in [0.5, 0.6) is 5.75 Å². The van der Waals surface area contributed by atoms with Crippen LogP contribution in [0.3, 0.4) is 0 Å². The molecule has 1 atom stereocenters. The summed E-state index contributed by atoms with van der Waals surface area (Å²) < 4.78 is 5.90. The number of Topliss-reactive ketones (excluding diaryl/α,β-unsaturated/α-hetero) is 1. The van der Waals surface area contributed by atoms with E-state index in [2.05, 4.69) is 0 Å². The molecular formula is C31H34N2O4. The van der Waals surface area contributed by atoms with Crippen molar-refractivity contribution in [3.8, 4) is 5.75 Å². The van der Waals surface area contributed by atoms with Gasteiger partial charge < -0.3 is 19.6 Å². The number of carbonyl (C=O) groups excluding carboxylic acids is 2. The molecule has 1 aliphatic rings. The van der Waals surface area contributed by atoms with Gasteiger partial charge in [0.05, 0.1) is 26.7 Å². The summed E-state index contributed by atoms with van der Waals surface area (Å²) in [5.41, 5.74) is 4.00. The lowest BCUT2D eigenvalue weighted by Crippen LogP contribution is -3.05. The number of hydrogen-bond acceptors (Lipinski definition) is 4. The summed E-state index contributed by atoms with van der Waals surface area (Å²) in [4.78, 5) is 29.2. The first-order valence-corrected chi connectivity index (χ1v) is 12.7. The zero-order chi connectivity index (χ0) is 26.5. The van der Waals surface area contributed by atoms with Crippen LogP contribution < -0.4 is 14.7 Å². The standard InChI is InChI=1S/C31H34N2O4/c1-21-11-13-24(14-12-21)28-27(30(35)31(36)33(28)18-8-17-32(3)4)29(34)26-16-15-25(19-22(26)2)37-20-23-9-6-5-7-10-23/h5-7,9-16,19,28,34H,8,17-18,20H2,1-4H3.